The van der Waals surface area contributed by atoms with Crippen molar-refractivity contribution in [2.45, 2.75) is 24.8 Å². The third kappa shape index (κ3) is 4.05. The zero-order valence-electron chi connectivity index (χ0n) is 16.5. The van der Waals surface area contributed by atoms with Gasteiger partial charge in [-0.1, -0.05) is 6.07 Å². The average Bonchev–Trinajstić information content (AvgIpc) is 3.01. The molecule has 2 atom stereocenters. The number of methoxy groups -OCH3 is 1. The second kappa shape index (κ2) is 8.83. The van der Waals surface area contributed by atoms with Crippen molar-refractivity contribution in [3.05, 3.63) is 22.7 Å². The van der Waals surface area contributed by atoms with Gasteiger partial charge in [-0.2, -0.15) is 0 Å². The molecule has 8 nitrogen and oxygen atoms in total. The number of carbonyl (C=O) groups is 1. The van der Waals surface area contributed by atoms with Crippen LogP contribution in [-0.4, -0.2) is 67.7 Å². The molecule has 1 aromatic heterocycles. The minimum atomic E-state index is -0.455. The number of fused-ring (bicyclic) bond motifs is 1. The molecule has 2 unspecified atom stereocenters. The molecule has 2 saturated heterocycles. The molecule has 3 N–H and O–H groups in total. The molecule has 1 aromatic carbocycles. The van der Waals surface area contributed by atoms with Crippen molar-refractivity contribution in [1.29, 1.82) is 0 Å². The van der Waals surface area contributed by atoms with E-state index in [1.54, 1.807) is 23.3 Å². The highest BCUT2D eigenvalue weighted by atomic mass is 32.1. The summed E-state index contributed by atoms with van der Waals surface area (Å²) in [5, 5.41) is 10.5. The van der Waals surface area contributed by atoms with Crippen LogP contribution in [0.4, 0.5) is 4.79 Å². The summed E-state index contributed by atoms with van der Waals surface area (Å²) in [4.78, 5) is 18.6. The number of rotatable bonds is 4. The van der Waals surface area contributed by atoms with Crippen LogP contribution in [0.2, 0.25) is 0 Å². The molecule has 0 aliphatic carbocycles. The molecule has 2 aliphatic heterocycles. The number of ether oxygens (including phenoxy) is 3. The lowest BCUT2D eigenvalue weighted by Crippen LogP contribution is -2.44. The number of hydrogen-bond donors (Lipinski definition) is 2. The summed E-state index contributed by atoms with van der Waals surface area (Å²) in [6.07, 6.45) is 1.39. The summed E-state index contributed by atoms with van der Waals surface area (Å²) in [7, 11) is 1.63. The molecule has 3 heterocycles. The Balaban J connectivity index is 1.77. The van der Waals surface area contributed by atoms with Crippen molar-refractivity contribution >= 4 is 27.6 Å². The standard InChI is InChI=1S/C20H27N3O5S/c1-26-16-3-2-14(13-10-27-6-7-28-11-13)18-17(16)22-19(29-18)15-8-12(9-24)4-5-23(15)20(21)25/h2-3,12-13,15,24H,4-11H2,1H3,(H2,21,25). The summed E-state index contributed by atoms with van der Waals surface area (Å²) >= 11 is 1.56. The van der Waals surface area contributed by atoms with E-state index < -0.39 is 6.03 Å². The summed E-state index contributed by atoms with van der Waals surface area (Å²) in [5.74, 6) is 0.942. The first-order chi connectivity index (χ1) is 14.1. The van der Waals surface area contributed by atoms with Crippen LogP contribution in [0.5, 0.6) is 5.75 Å². The normalized spacial score (nSPS) is 23.9. The molecule has 2 aliphatic rings. The average molecular weight is 422 g/mol. The van der Waals surface area contributed by atoms with Crippen molar-refractivity contribution in [3.8, 4) is 5.75 Å². The van der Waals surface area contributed by atoms with Gasteiger partial charge in [0.05, 0.1) is 44.3 Å². The fraction of sp³-hybridized carbons (Fsp3) is 0.600. The van der Waals surface area contributed by atoms with E-state index in [0.29, 0.717) is 45.1 Å². The molecule has 2 fully saturated rings. The molecule has 0 saturated carbocycles. The fourth-order valence-electron chi connectivity index (χ4n) is 4.15. The lowest BCUT2D eigenvalue weighted by atomic mass is 9.92. The highest BCUT2D eigenvalue weighted by Gasteiger charge is 2.34. The first-order valence-corrected chi connectivity index (χ1v) is 10.7. The molecule has 0 bridgehead atoms. The fourth-order valence-corrected chi connectivity index (χ4v) is 5.45. The maximum atomic E-state index is 12.0. The molecular formula is C20H27N3O5S. The molecule has 4 rings (SSSR count). The molecule has 0 radical (unpaired) electrons. The largest absolute Gasteiger partial charge is 0.494 e. The van der Waals surface area contributed by atoms with Crippen LogP contribution in [0.1, 0.15) is 35.4 Å². The van der Waals surface area contributed by atoms with Crippen molar-refractivity contribution in [2.24, 2.45) is 11.7 Å². The highest BCUT2D eigenvalue weighted by molar-refractivity contribution is 7.18. The topological polar surface area (TPSA) is 107 Å². The molecule has 29 heavy (non-hydrogen) atoms. The quantitative estimate of drug-likeness (QED) is 0.784. The number of benzene rings is 1. The molecule has 2 aromatic rings. The second-order valence-corrected chi connectivity index (χ2v) is 8.58. The zero-order chi connectivity index (χ0) is 20.4. The van der Waals surface area contributed by atoms with E-state index in [1.807, 2.05) is 6.07 Å². The summed E-state index contributed by atoms with van der Waals surface area (Å²) in [6.45, 7) is 3.01. The summed E-state index contributed by atoms with van der Waals surface area (Å²) < 4.78 is 18.0. The van der Waals surface area contributed by atoms with Gasteiger partial charge in [-0.25, -0.2) is 9.78 Å². The van der Waals surface area contributed by atoms with E-state index in [0.717, 1.165) is 27.2 Å². The first kappa shape index (κ1) is 20.3. The van der Waals surface area contributed by atoms with E-state index in [9.17, 15) is 9.90 Å². The first-order valence-electron chi connectivity index (χ1n) is 9.92. The predicted molar refractivity (Wildman–Crippen MR) is 109 cm³/mol. The third-order valence-electron chi connectivity index (χ3n) is 5.76. The number of piperidine rings is 1. The van der Waals surface area contributed by atoms with Crippen molar-refractivity contribution in [1.82, 2.24) is 9.88 Å². The number of primary amides is 1. The van der Waals surface area contributed by atoms with Gasteiger partial charge in [0.1, 0.15) is 16.3 Å². The Labute approximate surface area is 173 Å². The Morgan fingerprint density at radius 3 is 2.79 bits per heavy atom. The third-order valence-corrected chi connectivity index (χ3v) is 6.97. The number of carbonyl (C=O) groups excluding carboxylic acids is 1. The van der Waals surface area contributed by atoms with Crippen LogP contribution < -0.4 is 10.5 Å². The minimum Gasteiger partial charge on any atom is -0.494 e. The van der Waals surface area contributed by atoms with Gasteiger partial charge in [-0.3, -0.25) is 0 Å². The Morgan fingerprint density at radius 2 is 2.14 bits per heavy atom. The number of hydrogen-bond acceptors (Lipinski definition) is 7. The Bertz CT molecular complexity index is 865. The van der Waals surface area contributed by atoms with E-state index in [2.05, 4.69) is 6.07 Å². The van der Waals surface area contributed by atoms with Gasteiger partial charge in [-0.15, -0.1) is 11.3 Å². The number of nitrogens with zero attached hydrogens (tertiary/aromatic N) is 2. The zero-order valence-corrected chi connectivity index (χ0v) is 17.3. The number of aliphatic hydroxyl groups excluding tert-OH is 1. The van der Waals surface area contributed by atoms with Crippen molar-refractivity contribution in [3.63, 3.8) is 0 Å². The number of thiazole rings is 1. The van der Waals surface area contributed by atoms with Crippen LogP contribution in [0.3, 0.4) is 0 Å². The number of amides is 2. The predicted octanol–water partition coefficient (Wildman–Crippen LogP) is 2.26. The van der Waals surface area contributed by atoms with Crippen LogP contribution in [-0.2, 0) is 9.47 Å². The maximum Gasteiger partial charge on any atom is 0.315 e. The van der Waals surface area contributed by atoms with Gasteiger partial charge in [0.25, 0.3) is 0 Å². The SMILES string of the molecule is COc1ccc(C2COCCOC2)c2sc(C3CC(CO)CCN3C(N)=O)nc12. The number of likely N-dealkylation sites (tertiary alicyclic amines) is 1. The van der Waals surface area contributed by atoms with Crippen LogP contribution in [0.25, 0.3) is 10.2 Å². The number of aromatic nitrogens is 1. The number of urea groups is 1. The lowest BCUT2D eigenvalue weighted by Gasteiger charge is -2.36. The molecule has 2 amide bonds. The van der Waals surface area contributed by atoms with E-state index in [-0.39, 0.29) is 24.5 Å². The molecular weight excluding hydrogens is 394 g/mol. The number of aliphatic hydroxyl groups is 1. The Hall–Kier alpha value is -1.94. The van der Waals surface area contributed by atoms with Gasteiger partial charge in [0.15, 0.2) is 0 Å². The lowest BCUT2D eigenvalue weighted by molar-refractivity contribution is 0.102. The van der Waals surface area contributed by atoms with E-state index >= 15 is 0 Å². The number of nitrogens with two attached hydrogens (primary N) is 1. The van der Waals surface area contributed by atoms with Gasteiger partial charge in [0.2, 0.25) is 0 Å². The van der Waals surface area contributed by atoms with Gasteiger partial charge < -0.3 is 30.0 Å². The van der Waals surface area contributed by atoms with E-state index in [1.165, 1.54) is 0 Å². The van der Waals surface area contributed by atoms with Crippen molar-refractivity contribution in [2.75, 3.05) is 46.7 Å². The minimum absolute atomic E-state index is 0.0965. The summed E-state index contributed by atoms with van der Waals surface area (Å²) in [5.41, 5.74) is 7.54. The van der Waals surface area contributed by atoms with Crippen LogP contribution in [0, 0.1) is 5.92 Å². The van der Waals surface area contributed by atoms with Gasteiger partial charge in [-0.05, 0) is 30.4 Å². The highest BCUT2D eigenvalue weighted by Crippen LogP contribution is 2.42. The second-order valence-electron chi connectivity index (χ2n) is 7.55. The van der Waals surface area contributed by atoms with E-state index in [4.69, 9.17) is 24.9 Å². The Kier molecular flexibility index (Phi) is 6.19. The summed E-state index contributed by atoms with van der Waals surface area (Å²) in [6, 6.07) is 3.28. The Morgan fingerprint density at radius 1 is 1.38 bits per heavy atom. The smallest absolute Gasteiger partial charge is 0.315 e. The van der Waals surface area contributed by atoms with Crippen molar-refractivity contribution < 1.29 is 24.1 Å². The maximum absolute atomic E-state index is 12.0. The van der Waals surface area contributed by atoms with Crippen LogP contribution >= 0.6 is 11.3 Å². The van der Waals surface area contributed by atoms with Gasteiger partial charge >= 0.3 is 6.03 Å². The van der Waals surface area contributed by atoms with Gasteiger partial charge in [0, 0.05) is 19.1 Å². The molecule has 9 heteroatoms. The molecule has 0 spiro atoms. The van der Waals surface area contributed by atoms with Crippen LogP contribution in [0.15, 0.2) is 12.1 Å². The molecule has 158 valence electrons. The monoisotopic (exact) mass is 421 g/mol.